The second-order valence-corrected chi connectivity index (χ2v) is 5.66. The lowest BCUT2D eigenvalue weighted by molar-refractivity contribution is -0.140. The maximum absolute atomic E-state index is 12.2. The Labute approximate surface area is 132 Å². The monoisotopic (exact) mass is 306 g/mol. The quantitative estimate of drug-likeness (QED) is 0.775. The van der Waals surface area contributed by atoms with Gasteiger partial charge in [0.1, 0.15) is 6.04 Å². The van der Waals surface area contributed by atoms with E-state index in [9.17, 15) is 9.59 Å². The van der Waals surface area contributed by atoms with E-state index in [2.05, 4.69) is 24.1 Å². The summed E-state index contributed by atoms with van der Waals surface area (Å²) in [4.78, 5) is 25.5. The fourth-order valence-corrected chi connectivity index (χ4v) is 2.30. The molecule has 122 valence electrons. The molecule has 0 bridgehead atoms. The molecule has 1 atom stereocenters. The molecular weight excluding hydrogens is 280 g/mol. The number of rotatable bonds is 8. The van der Waals surface area contributed by atoms with Gasteiger partial charge in [0.25, 0.3) is 5.91 Å². The molecule has 0 aliphatic heterocycles. The van der Waals surface area contributed by atoms with Gasteiger partial charge in [0.15, 0.2) is 0 Å². The van der Waals surface area contributed by atoms with Crippen molar-refractivity contribution in [3.05, 3.63) is 29.8 Å². The van der Waals surface area contributed by atoms with Gasteiger partial charge in [-0.25, -0.2) is 4.79 Å². The molecule has 1 rings (SSSR count). The highest BCUT2D eigenvalue weighted by molar-refractivity contribution is 5.96. The molecule has 0 aromatic heterocycles. The molecule has 1 amide bonds. The van der Waals surface area contributed by atoms with Gasteiger partial charge in [0.2, 0.25) is 0 Å². The van der Waals surface area contributed by atoms with E-state index in [-0.39, 0.29) is 11.8 Å². The molecule has 5 heteroatoms. The van der Waals surface area contributed by atoms with Crippen LogP contribution in [0.2, 0.25) is 0 Å². The lowest BCUT2D eigenvalue weighted by Crippen LogP contribution is -2.44. The number of hydrogen-bond acceptors (Lipinski definition) is 3. The SMILES string of the molecule is CCCN(CC)c1ccc(C(=O)N[C@@H](C(=O)O)C(C)C)cc1. The molecule has 0 saturated carbocycles. The van der Waals surface area contributed by atoms with E-state index in [0.717, 1.165) is 25.2 Å². The molecule has 22 heavy (non-hydrogen) atoms. The van der Waals surface area contributed by atoms with Gasteiger partial charge in [-0.2, -0.15) is 0 Å². The van der Waals surface area contributed by atoms with Gasteiger partial charge in [-0.1, -0.05) is 20.8 Å². The average Bonchev–Trinajstić information content (AvgIpc) is 2.49. The Morgan fingerprint density at radius 1 is 1.18 bits per heavy atom. The molecule has 0 aliphatic carbocycles. The van der Waals surface area contributed by atoms with E-state index in [1.807, 2.05) is 12.1 Å². The summed E-state index contributed by atoms with van der Waals surface area (Å²) in [5.41, 5.74) is 1.54. The smallest absolute Gasteiger partial charge is 0.326 e. The van der Waals surface area contributed by atoms with Crippen molar-refractivity contribution < 1.29 is 14.7 Å². The number of amides is 1. The Hall–Kier alpha value is -2.04. The Morgan fingerprint density at radius 3 is 2.18 bits per heavy atom. The highest BCUT2D eigenvalue weighted by Crippen LogP contribution is 2.16. The second kappa shape index (κ2) is 8.41. The molecule has 0 fully saturated rings. The molecule has 0 spiro atoms. The molecule has 1 aromatic rings. The summed E-state index contributed by atoms with van der Waals surface area (Å²) in [7, 11) is 0. The van der Waals surface area contributed by atoms with Gasteiger partial charge >= 0.3 is 5.97 Å². The standard InChI is InChI=1S/C17H26N2O3/c1-5-11-19(6-2)14-9-7-13(8-10-14)16(20)18-15(12(3)4)17(21)22/h7-10,12,15H,5-6,11H2,1-4H3,(H,18,20)(H,21,22)/t15-/m1/s1. The van der Waals surface area contributed by atoms with E-state index in [1.54, 1.807) is 26.0 Å². The summed E-state index contributed by atoms with van der Waals surface area (Å²) in [6.07, 6.45) is 1.06. The summed E-state index contributed by atoms with van der Waals surface area (Å²) in [6, 6.07) is 6.41. The van der Waals surface area contributed by atoms with Gasteiger partial charge in [-0.15, -0.1) is 0 Å². The summed E-state index contributed by atoms with van der Waals surface area (Å²) >= 11 is 0. The molecule has 0 unspecified atom stereocenters. The van der Waals surface area contributed by atoms with Crippen LogP contribution >= 0.6 is 0 Å². The number of carboxylic acid groups (broad SMARTS) is 1. The maximum atomic E-state index is 12.2. The summed E-state index contributed by atoms with van der Waals surface area (Å²) in [6.45, 7) is 9.64. The van der Waals surface area contributed by atoms with Crippen molar-refractivity contribution in [1.29, 1.82) is 0 Å². The van der Waals surface area contributed by atoms with Crippen molar-refractivity contribution in [1.82, 2.24) is 5.32 Å². The molecule has 2 N–H and O–H groups in total. The van der Waals surface area contributed by atoms with E-state index in [0.29, 0.717) is 5.56 Å². The molecule has 0 heterocycles. The minimum Gasteiger partial charge on any atom is -0.480 e. The van der Waals surface area contributed by atoms with Crippen molar-refractivity contribution in [3.63, 3.8) is 0 Å². The molecular formula is C17H26N2O3. The number of anilines is 1. The van der Waals surface area contributed by atoms with Crippen molar-refractivity contribution in [3.8, 4) is 0 Å². The van der Waals surface area contributed by atoms with Crippen LogP contribution < -0.4 is 10.2 Å². The zero-order valence-electron chi connectivity index (χ0n) is 13.8. The average molecular weight is 306 g/mol. The van der Waals surface area contributed by atoms with Gasteiger partial charge < -0.3 is 15.3 Å². The summed E-state index contributed by atoms with van der Waals surface area (Å²) in [5, 5.41) is 11.7. The number of nitrogens with one attached hydrogen (secondary N) is 1. The first-order valence-corrected chi connectivity index (χ1v) is 7.79. The molecule has 0 aliphatic rings. The molecule has 0 saturated heterocycles. The zero-order chi connectivity index (χ0) is 16.7. The van der Waals surface area contributed by atoms with Crippen LogP contribution in [0, 0.1) is 5.92 Å². The van der Waals surface area contributed by atoms with Gasteiger partial charge in [0, 0.05) is 24.3 Å². The predicted molar refractivity (Wildman–Crippen MR) is 88.3 cm³/mol. The third-order valence-corrected chi connectivity index (χ3v) is 3.59. The minimum atomic E-state index is -1.01. The number of carboxylic acids is 1. The van der Waals surface area contributed by atoms with Crippen LogP contribution in [0.5, 0.6) is 0 Å². The number of carbonyl (C=O) groups is 2. The molecule has 5 nitrogen and oxygen atoms in total. The number of nitrogens with zero attached hydrogens (tertiary/aromatic N) is 1. The van der Waals surface area contributed by atoms with Gasteiger partial charge in [0.05, 0.1) is 0 Å². The highest BCUT2D eigenvalue weighted by atomic mass is 16.4. The van der Waals surface area contributed by atoms with Gasteiger partial charge in [-0.3, -0.25) is 4.79 Å². The van der Waals surface area contributed by atoms with E-state index in [1.165, 1.54) is 0 Å². The van der Waals surface area contributed by atoms with Crippen molar-refractivity contribution in [2.75, 3.05) is 18.0 Å². The van der Waals surface area contributed by atoms with Crippen molar-refractivity contribution >= 4 is 17.6 Å². The maximum Gasteiger partial charge on any atom is 0.326 e. The zero-order valence-corrected chi connectivity index (χ0v) is 13.8. The first-order chi connectivity index (χ1) is 10.4. The Kier molecular flexibility index (Phi) is 6.89. The van der Waals surface area contributed by atoms with Crippen molar-refractivity contribution in [2.45, 2.75) is 40.2 Å². The number of carbonyl (C=O) groups excluding carboxylic acids is 1. The van der Waals surface area contributed by atoms with Crippen LogP contribution in [0.4, 0.5) is 5.69 Å². The second-order valence-electron chi connectivity index (χ2n) is 5.66. The number of hydrogen-bond donors (Lipinski definition) is 2. The summed E-state index contributed by atoms with van der Waals surface area (Å²) < 4.78 is 0. The lowest BCUT2D eigenvalue weighted by atomic mass is 10.0. The van der Waals surface area contributed by atoms with Crippen molar-refractivity contribution in [2.24, 2.45) is 5.92 Å². The van der Waals surface area contributed by atoms with Crippen LogP contribution in [-0.2, 0) is 4.79 Å². The predicted octanol–water partition coefficient (Wildman–Crippen LogP) is 2.76. The Bertz CT molecular complexity index is 497. The third-order valence-electron chi connectivity index (χ3n) is 3.59. The number of aliphatic carboxylic acids is 1. The van der Waals surface area contributed by atoms with Gasteiger partial charge in [-0.05, 0) is 43.5 Å². The lowest BCUT2D eigenvalue weighted by Gasteiger charge is -2.22. The largest absolute Gasteiger partial charge is 0.480 e. The first-order valence-electron chi connectivity index (χ1n) is 7.79. The Balaban J connectivity index is 2.81. The Morgan fingerprint density at radius 2 is 1.77 bits per heavy atom. The number of benzene rings is 1. The van der Waals surface area contributed by atoms with E-state index < -0.39 is 12.0 Å². The fraction of sp³-hybridized carbons (Fsp3) is 0.529. The van der Waals surface area contributed by atoms with Crippen LogP contribution in [0.1, 0.15) is 44.5 Å². The molecule has 0 radical (unpaired) electrons. The third kappa shape index (κ3) is 4.76. The highest BCUT2D eigenvalue weighted by Gasteiger charge is 2.23. The topological polar surface area (TPSA) is 69.6 Å². The minimum absolute atomic E-state index is 0.166. The summed E-state index contributed by atoms with van der Waals surface area (Å²) in [5.74, 6) is -1.54. The normalized spacial score (nSPS) is 12.0. The molecule has 1 aromatic carbocycles. The fourth-order valence-electron chi connectivity index (χ4n) is 2.30. The van der Waals surface area contributed by atoms with E-state index >= 15 is 0 Å². The van der Waals surface area contributed by atoms with Crippen LogP contribution in [0.15, 0.2) is 24.3 Å². The van der Waals surface area contributed by atoms with E-state index in [4.69, 9.17) is 5.11 Å². The van der Waals surface area contributed by atoms with Crippen LogP contribution in [0.25, 0.3) is 0 Å². The first kappa shape index (κ1) is 18.0. The van der Waals surface area contributed by atoms with Crippen LogP contribution in [-0.4, -0.2) is 36.1 Å². The van der Waals surface area contributed by atoms with Crippen LogP contribution in [0.3, 0.4) is 0 Å².